The Morgan fingerprint density at radius 1 is 1.24 bits per heavy atom. The highest BCUT2D eigenvalue weighted by Crippen LogP contribution is 2.26. The van der Waals surface area contributed by atoms with Gasteiger partial charge in [0.25, 0.3) is 0 Å². The summed E-state index contributed by atoms with van der Waals surface area (Å²) in [4.78, 5) is 11.6. The first-order valence-electron chi connectivity index (χ1n) is 5.64. The Balaban J connectivity index is 2.71. The van der Waals surface area contributed by atoms with Crippen LogP contribution in [0, 0.1) is 0 Å². The molecule has 0 saturated carbocycles. The van der Waals surface area contributed by atoms with E-state index in [1.807, 2.05) is 33.8 Å². The van der Waals surface area contributed by atoms with Crippen LogP contribution < -0.4 is 14.8 Å². The Morgan fingerprint density at radius 3 is 2.35 bits per heavy atom. The van der Waals surface area contributed by atoms with Gasteiger partial charge in [-0.2, -0.15) is 0 Å². The second-order valence-electron chi connectivity index (χ2n) is 4.64. The van der Waals surface area contributed by atoms with E-state index in [0.717, 1.165) is 0 Å². The second kappa shape index (κ2) is 5.57. The highest BCUT2D eigenvalue weighted by molar-refractivity contribution is 5.72. The van der Waals surface area contributed by atoms with Gasteiger partial charge >= 0.3 is 6.09 Å². The van der Waals surface area contributed by atoms with E-state index in [4.69, 9.17) is 9.47 Å². The molecule has 0 saturated heterocycles. The number of carbonyl (C=O) groups is 1. The fourth-order valence-corrected chi connectivity index (χ4v) is 1.24. The molecule has 0 heterocycles. The lowest BCUT2D eigenvalue weighted by Crippen LogP contribution is -2.42. The summed E-state index contributed by atoms with van der Waals surface area (Å²) in [6.45, 7) is 8.08. The van der Waals surface area contributed by atoms with Crippen LogP contribution in [0.5, 0.6) is 11.5 Å². The summed E-state index contributed by atoms with van der Waals surface area (Å²) in [5, 5.41) is 2.72. The highest BCUT2D eigenvalue weighted by atomic mass is 16.6. The minimum atomic E-state index is -0.482. The van der Waals surface area contributed by atoms with Crippen LogP contribution in [0.15, 0.2) is 24.3 Å². The first kappa shape index (κ1) is 13.4. The summed E-state index contributed by atoms with van der Waals surface area (Å²) in [5.41, 5.74) is -0.322. The Hall–Kier alpha value is -1.71. The molecule has 1 rings (SSSR count). The van der Waals surface area contributed by atoms with E-state index < -0.39 is 6.09 Å². The average Bonchev–Trinajstić information content (AvgIpc) is 2.18. The van der Waals surface area contributed by atoms with Gasteiger partial charge in [0, 0.05) is 5.54 Å². The number of ether oxygens (including phenoxy) is 2. The third-order valence-electron chi connectivity index (χ3n) is 1.83. The maximum atomic E-state index is 11.6. The molecule has 4 nitrogen and oxygen atoms in total. The van der Waals surface area contributed by atoms with Crippen molar-refractivity contribution >= 4 is 6.09 Å². The Bertz CT molecular complexity index is 382. The second-order valence-corrected chi connectivity index (χ2v) is 4.64. The molecule has 0 aromatic heterocycles. The van der Waals surface area contributed by atoms with Crippen molar-refractivity contribution < 1.29 is 14.3 Å². The van der Waals surface area contributed by atoms with Crippen molar-refractivity contribution in [2.45, 2.75) is 33.2 Å². The fraction of sp³-hybridized carbons (Fsp3) is 0.462. The molecule has 0 fully saturated rings. The van der Waals surface area contributed by atoms with Gasteiger partial charge in [-0.05, 0) is 39.8 Å². The van der Waals surface area contributed by atoms with Crippen molar-refractivity contribution in [2.75, 3.05) is 6.61 Å². The molecule has 0 aliphatic heterocycles. The molecule has 94 valence electrons. The molecule has 0 unspecified atom stereocenters. The Morgan fingerprint density at radius 2 is 1.82 bits per heavy atom. The van der Waals surface area contributed by atoms with Crippen LogP contribution in [-0.4, -0.2) is 18.2 Å². The summed E-state index contributed by atoms with van der Waals surface area (Å²) < 4.78 is 10.6. The van der Waals surface area contributed by atoms with E-state index in [1.54, 1.807) is 18.2 Å². The van der Waals surface area contributed by atoms with Gasteiger partial charge in [-0.25, -0.2) is 4.79 Å². The number of nitrogens with one attached hydrogen (secondary N) is 1. The zero-order valence-electron chi connectivity index (χ0n) is 10.7. The molecule has 0 aliphatic rings. The van der Waals surface area contributed by atoms with E-state index in [-0.39, 0.29) is 5.54 Å². The molecule has 1 amide bonds. The molecule has 1 aromatic rings. The first-order chi connectivity index (χ1) is 7.92. The average molecular weight is 237 g/mol. The topological polar surface area (TPSA) is 47.6 Å². The number of para-hydroxylation sites is 2. The van der Waals surface area contributed by atoms with Gasteiger partial charge in [0.2, 0.25) is 0 Å². The minimum absolute atomic E-state index is 0.322. The smallest absolute Gasteiger partial charge is 0.413 e. The first-order valence-corrected chi connectivity index (χ1v) is 5.64. The molecule has 0 spiro atoms. The zero-order chi connectivity index (χ0) is 12.9. The molecule has 1 aromatic carbocycles. The molecule has 1 N–H and O–H groups in total. The van der Waals surface area contributed by atoms with Gasteiger partial charge in [-0.1, -0.05) is 12.1 Å². The molecule has 17 heavy (non-hydrogen) atoms. The number of rotatable bonds is 3. The highest BCUT2D eigenvalue weighted by Gasteiger charge is 2.16. The predicted octanol–water partition coefficient (Wildman–Crippen LogP) is 2.97. The predicted molar refractivity (Wildman–Crippen MR) is 66.5 cm³/mol. The van der Waals surface area contributed by atoms with Crippen LogP contribution in [0.2, 0.25) is 0 Å². The largest absolute Gasteiger partial charge is 0.490 e. The van der Waals surface area contributed by atoms with Crippen LogP contribution in [0.3, 0.4) is 0 Å². The van der Waals surface area contributed by atoms with Gasteiger partial charge in [-0.15, -0.1) is 0 Å². The third-order valence-corrected chi connectivity index (χ3v) is 1.83. The monoisotopic (exact) mass is 237 g/mol. The van der Waals surface area contributed by atoms with E-state index in [2.05, 4.69) is 5.32 Å². The van der Waals surface area contributed by atoms with E-state index in [1.165, 1.54) is 0 Å². The molecule has 0 aliphatic carbocycles. The normalized spacial score (nSPS) is 10.8. The van der Waals surface area contributed by atoms with Crippen molar-refractivity contribution in [1.82, 2.24) is 5.32 Å². The van der Waals surface area contributed by atoms with Gasteiger partial charge in [0.05, 0.1) is 6.61 Å². The third kappa shape index (κ3) is 4.76. The quantitative estimate of drug-likeness (QED) is 0.879. The molecule has 0 bridgehead atoms. The number of benzene rings is 1. The van der Waals surface area contributed by atoms with Gasteiger partial charge in [0.15, 0.2) is 11.5 Å². The van der Waals surface area contributed by atoms with Crippen molar-refractivity contribution in [3.8, 4) is 11.5 Å². The van der Waals surface area contributed by atoms with Crippen LogP contribution in [0.25, 0.3) is 0 Å². The van der Waals surface area contributed by atoms with Crippen molar-refractivity contribution in [3.05, 3.63) is 24.3 Å². The summed E-state index contributed by atoms with van der Waals surface area (Å²) in [6, 6.07) is 7.10. The standard InChI is InChI=1S/C13H19NO3/c1-5-16-10-8-6-7-9-11(10)17-12(15)14-13(2,3)4/h6-9H,5H2,1-4H3,(H,14,15). The zero-order valence-corrected chi connectivity index (χ0v) is 10.7. The van der Waals surface area contributed by atoms with E-state index >= 15 is 0 Å². The maximum absolute atomic E-state index is 11.6. The Kier molecular flexibility index (Phi) is 4.37. The van der Waals surface area contributed by atoms with Gasteiger partial charge in [0.1, 0.15) is 0 Å². The fourth-order valence-electron chi connectivity index (χ4n) is 1.24. The summed E-state index contributed by atoms with van der Waals surface area (Å²) in [5.74, 6) is 0.996. The molecule has 0 radical (unpaired) electrons. The van der Waals surface area contributed by atoms with Crippen LogP contribution in [-0.2, 0) is 0 Å². The lowest BCUT2D eigenvalue weighted by atomic mass is 10.1. The molecular weight excluding hydrogens is 218 g/mol. The van der Waals surface area contributed by atoms with Crippen LogP contribution >= 0.6 is 0 Å². The maximum Gasteiger partial charge on any atom is 0.413 e. The number of amides is 1. The van der Waals surface area contributed by atoms with Gasteiger partial charge < -0.3 is 14.8 Å². The summed E-state index contributed by atoms with van der Waals surface area (Å²) in [7, 11) is 0. The molecule has 0 atom stereocenters. The van der Waals surface area contributed by atoms with Crippen molar-refractivity contribution in [1.29, 1.82) is 0 Å². The number of hydrogen-bond donors (Lipinski definition) is 1. The van der Waals surface area contributed by atoms with Crippen LogP contribution in [0.4, 0.5) is 4.79 Å². The van der Waals surface area contributed by atoms with Crippen LogP contribution in [0.1, 0.15) is 27.7 Å². The lowest BCUT2D eigenvalue weighted by molar-refractivity contribution is 0.188. The van der Waals surface area contributed by atoms with Gasteiger partial charge in [-0.3, -0.25) is 0 Å². The number of carbonyl (C=O) groups excluding carboxylic acids is 1. The summed E-state index contributed by atoms with van der Waals surface area (Å²) >= 11 is 0. The molecular formula is C13H19NO3. The SMILES string of the molecule is CCOc1ccccc1OC(=O)NC(C)(C)C. The minimum Gasteiger partial charge on any atom is -0.490 e. The Labute approximate surface area is 102 Å². The van der Waals surface area contributed by atoms with Crippen molar-refractivity contribution in [2.24, 2.45) is 0 Å². The summed E-state index contributed by atoms with van der Waals surface area (Å²) in [6.07, 6.45) is -0.482. The van der Waals surface area contributed by atoms with Crippen molar-refractivity contribution in [3.63, 3.8) is 0 Å². The molecule has 4 heteroatoms. The van der Waals surface area contributed by atoms with E-state index in [0.29, 0.717) is 18.1 Å². The van der Waals surface area contributed by atoms with E-state index in [9.17, 15) is 4.79 Å². The number of hydrogen-bond acceptors (Lipinski definition) is 3. The lowest BCUT2D eigenvalue weighted by Gasteiger charge is -2.20.